The zero-order chi connectivity index (χ0) is 29.6. The van der Waals surface area contributed by atoms with Crippen LogP contribution < -0.4 is 0 Å². The number of hydrogen-bond acceptors (Lipinski definition) is 0. The molecule has 6 atom stereocenters. The van der Waals surface area contributed by atoms with Crippen LogP contribution in [-0.2, 0) is 0 Å². The molecule has 1 rings (SSSR count). The molecule has 0 amide bonds. The Labute approximate surface area is 256 Å². The van der Waals surface area contributed by atoms with E-state index in [9.17, 15) is 0 Å². The minimum Gasteiger partial charge on any atom is -0.0654 e. The fourth-order valence-corrected chi connectivity index (χ4v) is 7.61. The minimum atomic E-state index is 0.840. The zero-order valence-electron chi connectivity index (χ0n) is 29.6. The molecule has 0 saturated heterocycles. The van der Waals surface area contributed by atoms with Crippen molar-refractivity contribution in [2.75, 3.05) is 0 Å². The first-order valence-electron chi connectivity index (χ1n) is 19.3. The minimum absolute atomic E-state index is 0.840. The summed E-state index contributed by atoms with van der Waals surface area (Å²) in [6.07, 6.45) is 35.5. The number of unbranched alkanes of at least 4 members (excludes halogenated alkanes) is 10. The smallest absolute Gasteiger partial charge is 0.0383 e. The van der Waals surface area contributed by atoms with Gasteiger partial charge < -0.3 is 0 Å². The van der Waals surface area contributed by atoms with E-state index in [-0.39, 0.29) is 0 Å². The maximum Gasteiger partial charge on any atom is -0.0383 e. The predicted molar refractivity (Wildman–Crippen MR) is 184 cm³/mol. The molecule has 0 aliphatic heterocycles. The van der Waals surface area contributed by atoms with Crippen LogP contribution in [0.4, 0.5) is 0 Å². The van der Waals surface area contributed by atoms with Crippen LogP contribution in [0.5, 0.6) is 0 Å². The van der Waals surface area contributed by atoms with Crippen LogP contribution in [0.3, 0.4) is 0 Å². The molecular formula is C40H80. The molecule has 1 fully saturated rings. The van der Waals surface area contributed by atoms with E-state index < -0.39 is 0 Å². The quantitative estimate of drug-likeness (QED) is 0.0798. The highest BCUT2D eigenvalue weighted by Gasteiger charge is 2.35. The van der Waals surface area contributed by atoms with Gasteiger partial charge in [0.15, 0.2) is 0 Å². The van der Waals surface area contributed by atoms with Gasteiger partial charge in [-0.2, -0.15) is 0 Å². The Morgan fingerprint density at radius 2 is 1.02 bits per heavy atom. The SMILES string of the molecule is CCCCCCCCC(CCCCCCC1CC1CCCCCC(CCCC(C)CC)C(C)C(C)C)CC(C)C. The lowest BCUT2D eigenvalue weighted by molar-refractivity contribution is 0.232. The van der Waals surface area contributed by atoms with Gasteiger partial charge in [0.25, 0.3) is 0 Å². The molecule has 0 nitrogen and oxygen atoms in total. The van der Waals surface area contributed by atoms with Gasteiger partial charge in [-0.25, -0.2) is 0 Å². The van der Waals surface area contributed by atoms with Crippen LogP contribution in [0, 0.1) is 47.3 Å². The van der Waals surface area contributed by atoms with Gasteiger partial charge in [0.2, 0.25) is 0 Å². The molecule has 0 aromatic heterocycles. The second-order valence-corrected chi connectivity index (χ2v) is 15.7. The fourth-order valence-electron chi connectivity index (χ4n) is 7.61. The van der Waals surface area contributed by atoms with Crippen molar-refractivity contribution in [3.63, 3.8) is 0 Å². The van der Waals surface area contributed by atoms with Gasteiger partial charge in [-0.1, -0.05) is 197 Å². The summed E-state index contributed by atoms with van der Waals surface area (Å²) in [4.78, 5) is 0. The largest absolute Gasteiger partial charge is 0.0654 e. The van der Waals surface area contributed by atoms with Gasteiger partial charge >= 0.3 is 0 Å². The lowest BCUT2D eigenvalue weighted by Gasteiger charge is -2.27. The van der Waals surface area contributed by atoms with Crippen molar-refractivity contribution in [1.82, 2.24) is 0 Å². The lowest BCUT2D eigenvalue weighted by atomic mass is 9.78. The van der Waals surface area contributed by atoms with Gasteiger partial charge in [0.1, 0.15) is 0 Å². The highest BCUT2D eigenvalue weighted by atomic mass is 14.4. The van der Waals surface area contributed by atoms with Gasteiger partial charge in [-0.15, -0.1) is 0 Å². The van der Waals surface area contributed by atoms with Gasteiger partial charge in [0.05, 0.1) is 0 Å². The lowest BCUT2D eigenvalue weighted by Crippen LogP contribution is -2.17. The van der Waals surface area contributed by atoms with E-state index >= 15 is 0 Å². The Morgan fingerprint density at radius 1 is 0.525 bits per heavy atom. The van der Waals surface area contributed by atoms with E-state index in [4.69, 9.17) is 0 Å². The topological polar surface area (TPSA) is 0 Å². The van der Waals surface area contributed by atoms with Crippen molar-refractivity contribution >= 4 is 0 Å². The van der Waals surface area contributed by atoms with Crippen LogP contribution in [0.2, 0.25) is 0 Å². The summed E-state index contributed by atoms with van der Waals surface area (Å²) in [5.74, 6) is 7.72. The standard InChI is InChI=1S/C40H80/c1-9-11-12-13-14-18-25-37(31-33(3)4)26-19-15-16-20-28-39-32-40(39)29-22-17-21-27-38(36(8)34(5)6)30-23-24-35(7)10-2/h33-40H,9-32H2,1-8H3. The molecular weight excluding hydrogens is 480 g/mol. The van der Waals surface area contributed by atoms with Gasteiger partial charge in [0, 0.05) is 0 Å². The molecule has 40 heavy (non-hydrogen) atoms. The van der Waals surface area contributed by atoms with Crippen molar-refractivity contribution in [1.29, 1.82) is 0 Å². The molecule has 0 aromatic carbocycles. The second kappa shape index (κ2) is 24.4. The molecule has 1 aliphatic rings. The molecule has 0 spiro atoms. The third-order valence-electron chi connectivity index (χ3n) is 11.2. The highest BCUT2D eigenvalue weighted by molar-refractivity contribution is 4.85. The second-order valence-electron chi connectivity index (χ2n) is 15.7. The number of hydrogen-bond donors (Lipinski definition) is 0. The molecule has 1 aliphatic carbocycles. The molecule has 240 valence electrons. The number of rotatable bonds is 29. The summed E-state index contributed by atoms with van der Waals surface area (Å²) in [6, 6.07) is 0. The Kier molecular flexibility index (Phi) is 23.2. The summed E-state index contributed by atoms with van der Waals surface area (Å²) in [5.41, 5.74) is 0. The third kappa shape index (κ3) is 20.0. The van der Waals surface area contributed by atoms with Crippen LogP contribution in [-0.4, -0.2) is 0 Å². The van der Waals surface area contributed by atoms with E-state index in [1.54, 1.807) is 19.3 Å². The average molecular weight is 561 g/mol. The normalized spacial score (nSPS) is 20.2. The summed E-state index contributed by atoms with van der Waals surface area (Å²) in [5, 5.41) is 0. The predicted octanol–water partition coefficient (Wildman–Crippen LogP) is 14.5. The zero-order valence-corrected chi connectivity index (χ0v) is 29.6. The monoisotopic (exact) mass is 561 g/mol. The maximum absolute atomic E-state index is 2.54. The average Bonchev–Trinajstić information content (AvgIpc) is 3.67. The van der Waals surface area contributed by atoms with E-state index in [1.165, 1.54) is 135 Å². The summed E-state index contributed by atoms with van der Waals surface area (Å²) in [6.45, 7) is 19.4. The van der Waals surface area contributed by atoms with E-state index in [1.807, 2.05) is 0 Å². The highest BCUT2D eigenvalue weighted by Crippen LogP contribution is 2.46. The van der Waals surface area contributed by atoms with Crippen molar-refractivity contribution < 1.29 is 0 Å². The van der Waals surface area contributed by atoms with Gasteiger partial charge in [-0.05, 0) is 60.2 Å². The van der Waals surface area contributed by atoms with E-state index in [2.05, 4.69) is 55.4 Å². The van der Waals surface area contributed by atoms with Crippen molar-refractivity contribution in [3.05, 3.63) is 0 Å². The Bertz CT molecular complexity index is 532. The van der Waals surface area contributed by atoms with Crippen molar-refractivity contribution in [2.24, 2.45) is 47.3 Å². The maximum atomic E-state index is 2.54. The van der Waals surface area contributed by atoms with Gasteiger partial charge in [-0.3, -0.25) is 0 Å². The molecule has 6 unspecified atom stereocenters. The van der Waals surface area contributed by atoms with E-state index in [0.717, 1.165) is 47.3 Å². The fraction of sp³-hybridized carbons (Fsp3) is 1.00. The van der Waals surface area contributed by atoms with Crippen LogP contribution in [0.15, 0.2) is 0 Å². The molecule has 0 heteroatoms. The van der Waals surface area contributed by atoms with Crippen LogP contribution in [0.25, 0.3) is 0 Å². The third-order valence-corrected chi connectivity index (χ3v) is 11.2. The van der Waals surface area contributed by atoms with E-state index in [0.29, 0.717) is 0 Å². The van der Waals surface area contributed by atoms with Crippen molar-refractivity contribution in [3.8, 4) is 0 Å². The Hall–Kier alpha value is 0. The first-order valence-corrected chi connectivity index (χ1v) is 19.3. The summed E-state index contributed by atoms with van der Waals surface area (Å²) in [7, 11) is 0. The van der Waals surface area contributed by atoms with Crippen molar-refractivity contribution in [2.45, 2.75) is 209 Å². The summed E-state index contributed by atoms with van der Waals surface area (Å²) < 4.78 is 0. The van der Waals surface area contributed by atoms with Crippen LogP contribution >= 0.6 is 0 Å². The molecule has 1 saturated carbocycles. The molecule has 0 N–H and O–H groups in total. The Balaban J connectivity index is 2.07. The summed E-state index contributed by atoms with van der Waals surface area (Å²) >= 11 is 0. The first kappa shape index (κ1) is 38.0. The molecule has 0 heterocycles. The molecule has 0 aromatic rings. The molecule has 0 radical (unpaired) electrons. The molecule has 0 bridgehead atoms. The van der Waals surface area contributed by atoms with Crippen LogP contribution in [0.1, 0.15) is 209 Å². The Morgan fingerprint density at radius 3 is 1.57 bits per heavy atom. The first-order chi connectivity index (χ1) is 19.3.